The molecule has 15 heavy (non-hydrogen) atoms. The molecule has 2 atom stereocenters. The van der Waals surface area contributed by atoms with E-state index in [2.05, 4.69) is 20.4 Å². The third-order valence-electron chi connectivity index (χ3n) is 2.88. The molecule has 0 aromatic carbocycles. The van der Waals surface area contributed by atoms with Crippen LogP contribution in [0.3, 0.4) is 0 Å². The maximum absolute atomic E-state index is 10.9. The van der Waals surface area contributed by atoms with Crippen LogP contribution < -0.4 is 0 Å². The summed E-state index contributed by atoms with van der Waals surface area (Å²) in [5.74, 6) is -0.270. The number of hydrogen-bond donors (Lipinski definition) is 0. The Balaban J connectivity index is 2.40. The topological polar surface area (TPSA) is 38.8 Å². The SMILES string of the molecule is C=CC(C)(CCC1OC1(C)C)OC(C)=O. The highest BCUT2D eigenvalue weighted by Gasteiger charge is 2.47. The zero-order chi connectivity index (χ0) is 11.7. The summed E-state index contributed by atoms with van der Waals surface area (Å²) >= 11 is 0. The quantitative estimate of drug-likeness (QED) is 0.399. The average Bonchev–Trinajstić information content (AvgIpc) is 2.70. The molecule has 1 fully saturated rings. The summed E-state index contributed by atoms with van der Waals surface area (Å²) in [6.07, 6.45) is 3.61. The summed E-state index contributed by atoms with van der Waals surface area (Å²) in [5, 5.41) is 0. The lowest BCUT2D eigenvalue weighted by Crippen LogP contribution is -2.29. The van der Waals surface area contributed by atoms with Crippen LogP contribution in [0.5, 0.6) is 0 Å². The Kier molecular flexibility index (Phi) is 3.24. The van der Waals surface area contributed by atoms with Crippen LogP contribution in [0.4, 0.5) is 0 Å². The third-order valence-corrected chi connectivity index (χ3v) is 2.88. The van der Waals surface area contributed by atoms with E-state index in [1.54, 1.807) is 6.08 Å². The Hall–Kier alpha value is -0.830. The molecule has 0 amide bonds. The normalized spacial score (nSPS) is 26.5. The van der Waals surface area contributed by atoms with E-state index in [1.165, 1.54) is 6.92 Å². The van der Waals surface area contributed by atoms with Gasteiger partial charge in [0, 0.05) is 6.92 Å². The van der Waals surface area contributed by atoms with Crippen molar-refractivity contribution in [3.8, 4) is 0 Å². The summed E-state index contributed by atoms with van der Waals surface area (Å²) in [7, 11) is 0. The van der Waals surface area contributed by atoms with Gasteiger partial charge in [-0.15, -0.1) is 0 Å². The van der Waals surface area contributed by atoms with E-state index in [-0.39, 0.29) is 17.7 Å². The number of carbonyl (C=O) groups is 1. The standard InChI is InChI=1S/C12H20O3/c1-6-12(5,14-9(2)13)8-7-10-11(3,4)15-10/h6,10H,1,7-8H2,2-5H3. The number of rotatable bonds is 5. The molecule has 3 heteroatoms. The fourth-order valence-electron chi connectivity index (χ4n) is 1.68. The Morgan fingerprint density at radius 2 is 2.20 bits per heavy atom. The first-order valence-electron chi connectivity index (χ1n) is 5.30. The average molecular weight is 212 g/mol. The van der Waals surface area contributed by atoms with Gasteiger partial charge in [-0.25, -0.2) is 0 Å². The second kappa shape index (κ2) is 3.97. The molecule has 1 aliphatic heterocycles. The van der Waals surface area contributed by atoms with E-state index >= 15 is 0 Å². The van der Waals surface area contributed by atoms with Gasteiger partial charge in [-0.3, -0.25) is 4.79 Å². The molecule has 0 spiro atoms. The fraction of sp³-hybridized carbons (Fsp3) is 0.750. The van der Waals surface area contributed by atoms with Crippen LogP contribution in [0.15, 0.2) is 12.7 Å². The predicted octanol–water partition coefficient (Wildman–Crippen LogP) is 2.45. The number of ether oxygens (including phenoxy) is 2. The number of epoxide rings is 1. The Bertz CT molecular complexity index is 270. The first-order chi connectivity index (χ1) is 6.79. The second-order valence-corrected chi connectivity index (χ2v) is 4.86. The zero-order valence-electron chi connectivity index (χ0n) is 10.0. The van der Waals surface area contributed by atoms with Crippen LogP contribution >= 0.6 is 0 Å². The minimum absolute atomic E-state index is 0.00168. The van der Waals surface area contributed by atoms with Crippen LogP contribution in [-0.4, -0.2) is 23.3 Å². The highest BCUT2D eigenvalue weighted by Crippen LogP contribution is 2.39. The molecule has 3 nitrogen and oxygen atoms in total. The Labute approximate surface area is 91.4 Å². The molecule has 0 bridgehead atoms. The summed E-state index contributed by atoms with van der Waals surface area (Å²) in [6.45, 7) is 11.1. The molecular formula is C12H20O3. The van der Waals surface area contributed by atoms with Crippen molar-refractivity contribution in [2.45, 2.75) is 57.8 Å². The highest BCUT2D eigenvalue weighted by atomic mass is 16.6. The molecule has 1 heterocycles. The predicted molar refractivity (Wildman–Crippen MR) is 58.6 cm³/mol. The lowest BCUT2D eigenvalue weighted by Gasteiger charge is -2.25. The van der Waals surface area contributed by atoms with Gasteiger partial charge in [-0.2, -0.15) is 0 Å². The van der Waals surface area contributed by atoms with Gasteiger partial charge < -0.3 is 9.47 Å². The largest absolute Gasteiger partial charge is 0.455 e. The molecule has 2 unspecified atom stereocenters. The molecule has 1 rings (SSSR count). The monoisotopic (exact) mass is 212 g/mol. The van der Waals surface area contributed by atoms with E-state index in [0.29, 0.717) is 0 Å². The van der Waals surface area contributed by atoms with Gasteiger partial charge in [0.15, 0.2) is 0 Å². The van der Waals surface area contributed by atoms with Gasteiger partial charge in [0.1, 0.15) is 5.60 Å². The highest BCUT2D eigenvalue weighted by molar-refractivity contribution is 5.66. The van der Waals surface area contributed by atoms with Gasteiger partial charge in [-0.05, 0) is 39.7 Å². The maximum Gasteiger partial charge on any atom is 0.303 e. The van der Waals surface area contributed by atoms with Crippen molar-refractivity contribution in [1.29, 1.82) is 0 Å². The Morgan fingerprint density at radius 3 is 2.53 bits per heavy atom. The molecule has 86 valence electrons. The van der Waals surface area contributed by atoms with E-state index in [0.717, 1.165) is 12.8 Å². The molecule has 0 saturated carbocycles. The van der Waals surface area contributed by atoms with Crippen LogP contribution in [-0.2, 0) is 14.3 Å². The Morgan fingerprint density at radius 1 is 1.67 bits per heavy atom. The van der Waals surface area contributed by atoms with Gasteiger partial charge >= 0.3 is 5.97 Å². The summed E-state index contributed by atoms with van der Waals surface area (Å²) in [4.78, 5) is 10.9. The van der Waals surface area contributed by atoms with Crippen molar-refractivity contribution in [2.24, 2.45) is 0 Å². The molecule has 0 N–H and O–H groups in total. The van der Waals surface area contributed by atoms with Crippen LogP contribution in [0, 0.1) is 0 Å². The number of esters is 1. The van der Waals surface area contributed by atoms with E-state index in [1.807, 2.05) is 6.92 Å². The first kappa shape index (κ1) is 12.2. The third kappa shape index (κ3) is 3.34. The van der Waals surface area contributed by atoms with Crippen molar-refractivity contribution in [1.82, 2.24) is 0 Å². The fourth-order valence-corrected chi connectivity index (χ4v) is 1.68. The lowest BCUT2D eigenvalue weighted by molar-refractivity contribution is -0.151. The van der Waals surface area contributed by atoms with Gasteiger partial charge in [-0.1, -0.05) is 6.58 Å². The molecule has 0 aliphatic carbocycles. The lowest BCUT2D eigenvalue weighted by atomic mass is 9.96. The second-order valence-electron chi connectivity index (χ2n) is 4.86. The first-order valence-corrected chi connectivity index (χ1v) is 5.30. The van der Waals surface area contributed by atoms with Crippen LogP contribution in [0.1, 0.15) is 40.5 Å². The van der Waals surface area contributed by atoms with Gasteiger partial charge in [0.05, 0.1) is 11.7 Å². The van der Waals surface area contributed by atoms with Crippen molar-refractivity contribution in [3.05, 3.63) is 12.7 Å². The van der Waals surface area contributed by atoms with Gasteiger partial charge in [0.2, 0.25) is 0 Å². The number of hydrogen-bond acceptors (Lipinski definition) is 3. The summed E-state index contributed by atoms with van der Waals surface area (Å²) in [6, 6.07) is 0. The van der Waals surface area contributed by atoms with E-state index in [9.17, 15) is 4.79 Å². The van der Waals surface area contributed by atoms with Crippen molar-refractivity contribution >= 4 is 5.97 Å². The van der Waals surface area contributed by atoms with Crippen LogP contribution in [0.25, 0.3) is 0 Å². The smallest absolute Gasteiger partial charge is 0.303 e. The molecular weight excluding hydrogens is 192 g/mol. The molecule has 0 radical (unpaired) electrons. The van der Waals surface area contributed by atoms with E-state index < -0.39 is 5.60 Å². The zero-order valence-corrected chi connectivity index (χ0v) is 10.0. The maximum atomic E-state index is 10.9. The number of carbonyl (C=O) groups excluding carboxylic acids is 1. The van der Waals surface area contributed by atoms with Gasteiger partial charge in [0.25, 0.3) is 0 Å². The molecule has 0 aromatic rings. The minimum atomic E-state index is -0.562. The summed E-state index contributed by atoms with van der Waals surface area (Å²) < 4.78 is 10.7. The van der Waals surface area contributed by atoms with E-state index in [4.69, 9.17) is 9.47 Å². The van der Waals surface area contributed by atoms with Crippen LogP contribution in [0.2, 0.25) is 0 Å². The molecule has 0 aromatic heterocycles. The summed E-state index contributed by atoms with van der Waals surface area (Å²) in [5.41, 5.74) is -0.563. The van der Waals surface area contributed by atoms with Crippen molar-refractivity contribution < 1.29 is 14.3 Å². The molecule has 1 aliphatic rings. The van der Waals surface area contributed by atoms with Crippen molar-refractivity contribution in [2.75, 3.05) is 0 Å². The minimum Gasteiger partial charge on any atom is -0.455 e. The molecule has 1 saturated heterocycles. The van der Waals surface area contributed by atoms with Crippen molar-refractivity contribution in [3.63, 3.8) is 0 Å².